The number of nitrogens with zero attached hydrogens (tertiary/aromatic N) is 1. The molecule has 4 nitrogen and oxygen atoms in total. The van der Waals surface area contributed by atoms with Crippen LogP contribution in [0.1, 0.15) is 15.9 Å². The summed E-state index contributed by atoms with van der Waals surface area (Å²) >= 11 is 0. The lowest BCUT2D eigenvalue weighted by molar-refractivity contribution is 0.0938. The van der Waals surface area contributed by atoms with Crippen LogP contribution in [-0.4, -0.2) is 24.0 Å². The highest BCUT2D eigenvalue weighted by atomic mass is 19.1. The second kappa shape index (κ2) is 7.58. The van der Waals surface area contributed by atoms with Gasteiger partial charge in [-0.15, -0.1) is 0 Å². The zero-order chi connectivity index (χ0) is 18.6. The van der Waals surface area contributed by atoms with Crippen LogP contribution < -0.4 is 10.1 Å². The lowest BCUT2D eigenvalue weighted by Crippen LogP contribution is -2.34. The molecule has 1 atom stereocenters. The maximum atomic E-state index is 13.3. The smallest absolute Gasteiger partial charge is 0.252 e. The number of halogens is 1. The Morgan fingerprint density at radius 2 is 2.04 bits per heavy atom. The Labute approximate surface area is 157 Å². The van der Waals surface area contributed by atoms with E-state index in [9.17, 15) is 9.18 Å². The maximum absolute atomic E-state index is 13.3. The minimum absolute atomic E-state index is 0.174. The highest BCUT2D eigenvalue weighted by Crippen LogP contribution is 2.26. The number of benzene rings is 2. The van der Waals surface area contributed by atoms with Crippen LogP contribution in [0.25, 0.3) is 11.3 Å². The summed E-state index contributed by atoms with van der Waals surface area (Å²) in [6.07, 6.45) is 2.40. The number of nitrogens with one attached hydrogen (secondary N) is 1. The second-order valence-electron chi connectivity index (χ2n) is 6.64. The van der Waals surface area contributed by atoms with Crippen molar-refractivity contribution in [3.63, 3.8) is 0 Å². The number of amides is 1. The summed E-state index contributed by atoms with van der Waals surface area (Å²) in [7, 11) is 0. The molecule has 1 N–H and O–H groups in total. The molecule has 4 rings (SSSR count). The van der Waals surface area contributed by atoms with Crippen molar-refractivity contribution in [2.45, 2.75) is 6.42 Å². The Morgan fingerprint density at radius 3 is 2.85 bits per heavy atom. The van der Waals surface area contributed by atoms with Gasteiger partial charge < -0.3 is 10.1 Å². The highest BCUT2D eigenvalue weighted by molar-refractivity contribution is 5.94. The molecule has 1 aromatic heterocycles. The van der Waals surface area contributed by atoms with E-state index < -0.39 is 0 Å². The normalized spacial score (nSPS) is 15.5. The van der Waals surface area contributed by atoms with Crippen molar-refractivity contribution in [2.75, 3.05) is 13.2 Å². The zero-order valence-corrected chi connectivity index (χ0v) is 14.7. The number of hydrogen-bond acceptors (Lipinski definition) is 3. The van der Waals surface area contributed by atoms with E-state index in [2.05, 4.69) is 16.4 Å². The van der Waals surface area contributed by atoms with Crippen molar-refractivity contribution < 1.29 is 13.9 Å². The van der Waals surface area contributed by atoms with E-state index in [1.165, 1.54) is 23.9 Å². The molecule has 0 saturated carbocycles. The number of carbonyl (C=O) groups is 1. The molecule has 5 heteroatoms. The van der Waals surface area contributed by atoms with E-state index in [4.69, 9.17) is 4.74 Å². The zero-order valence-electron chi connectivity index (χ0n) is 14.7. The van der Waals surface area contributed by atoms with Crippen LogP contribution in [0, 0.1) is 11.7 Å². The quantitative estimate of drug-likeness (QED) is 0.767. The van der Waals surface area contributed by atoms with Crippen molar-refractivity contribution >= 4 is 5.91 Å². The Kier molecular flexibility index (Phi) is 4.83. The van der Waals surface area contributed by atoms with Gasteiger partial charge in [0.25, 0.3) is 5.91 Å². The fourth-order valence-electron chi connectivity index (χ4n) is 3.21. The van der Waals surface area contributed by atoms with E-state index in [1.807, 2.05) is 18.2 Å². The Balaban J connectivity index is 1.36. The first-order valence-corrected chi connectivity index (χ1v) is 8.90. The SMILES string of the molecule is O=C(NC[C@H]1COc2ccccc2C1)c1ccc(-c2cccc(F)c2)nc1. The Hall–Kier alpha value is -3.21. The van der Waals surface area contributed by atoms with Gasteiger partial charge >= 0.3 is 0 Å². The lowest BCUT2D eigenvalue weighted by atomic mass is 9.96. The van der Waals surface area contributed by atoms with Crippen LogP contribution in [0.2, 0.25) is 0 Å². The summed E-state index contributed by atoms with van der Waals surface area (Å²) in [6.45, 7) is 1.13. The van der Waals surface area contributed by atoms with E-state index >= 15 is 0 Å². The van der Waals surface area contributed by atoms with Gasteiger partial charge in [-0.1, -0.05) is 30.3 Å². The lowest BCUT2D eigenvalue weighted by Gasteiger charge is -2.25. The van der Waals surface area contributed by atoms with Gasteiger partial charge in [-0.05, 0) is 42.3 Å². The third kappa shape index (κ3) is 3.97. The highest BCUT2D eigenvalue weighted by Gasteiger charge is 2.20. The standard InChI is InChI=1S/C22H19FN2O2/c23-19-6-3-5-16(11-19)20-9-8-18(13-24-20)22(26)25-12-15-10-17-4-1-2-7-21(17)27-14-15/h1-9,11,13,15H,10,12,14H2,(H,25,26)/t15-/m0/s1. The summed E-state index contributed by atoms with van der Waals surface area (Å²) in [5.74, 6) is 0.681. The Bertz CT molecular complexity index is 957. The van der Waals surface area contributed by atoms with Gasteiger partial charge in [0, 0.05) is 24.2 Å². The average Bonchev–Trinajstić information content (AvgIpc) is 2.72. The van der Waals surface area contributed by atoms with Crippen molar-refractivity contribution in [2.24, 2.45) is 5.92 Å². The first-order valence-electron chi connectivity index (χ1n) is 8.90. The number of hydrogen-bond donors (Lipinski definition) is 1. The van der Waals surface area contributed by atoms with E-state index in [0.717, 1.165) is 12.2 Å². The van der Waals surface area contributed by atoms with Crippen LogP contribution in [0.4, 0.5) is 4.39 Å². The third-order valence-electron chi connectivity index (χ3n) is 4.65. The number of fused-ring (bicyclic) bond motifs is 1. The molecule has 0 bridgehead atoms. The van der Waals surface area contributed by atoms with Gasteiger partial charge in [0.1, 0.15) is 11.6 Å². The molecule has 27 heavy (non-hydrogen) atoms. The van der Waals surface area contributed by atoms with Crippen LogP contribution in [0.5, 0.6) is 5.75 Å². The number of para-hydroxylation sites is 1. The molecule has 2 heterocycles. The van der Waals surface area contributed by atoms with Crippen LogP contribution >= 0.6 is 0 Å². The summed E-state index contributed by atoms with van der Waals surface area (Å²) in [5.41, 5.74) is 2.96. The van der Waals surface area contributed by atoms with Crippen LogP contribution in [-0.2, 0) is 6.42 Å². The van der Waals surface area contributed by atoms with E-state index in [-0.39, 0.29) is 17.6 Å². The molecule has 1 aliphatic rings. The maximum Gasteiger partial charge on any atom is 0.252 e. The van der Waals surface area contributed by atoms with Gasteiger partial charge in [-0.3, -0.25) is 9.78 Å². The van der Waals surface area contributed by atoms with Gasteiger partial charge in [-0.2, -0.15) is 0 Å². The van der Waals surface area contributed by atoms with Gasteiger partial charge in [0.05, 0.1) is 17.9 Å². The van der Waals surface area contributed by atoms with Crippen molar-refractivity contribution in [1.82, 2.24) is 10.3 Å². The summed E-state index contributed by atoms with van der Waals surface area (Å²) in [4.78, 5) is 16.7. The predicted octanol–water partition coefficient (Wildman–Crippen LogP) is 3.87. The molecule has 0 radical (unpaired) electrons. The average molecular weight is 362 g/mol. The first kappa shape index (κ1) is 17.2. The molecule has 1 aliphatic heterocycles. The Morgan fingerprint density at radius 1 is 1.15 bits per heavy atom. The molecule has 3 aromatic rings. The predicted molar refractivity (Wildman–Crippen MR) is 101 cm³/mol. The molecule has 2 aromatic carbocycles. The first-order chi connectivity index (χ1) is 13.2. The topological polar surface area (TPSA) is 51.2 Å². The molecular weight excluding hydrogens is 343 g/mol. The molecule has 1 amide bonds. The number of rotatable bonds is 4. The molecule has 0 fully saturated rings. The second-order valence-corrected chi connectivity index (χ2v) is 6.64. The van der Waals surface area contributed by atoms with Gasteiger partial charge in [0.2, 0.25) is 0 Å². The van der Waals surface area contributed by atoms with Crippen molar-refractivity contribution in [3.8, 4) is 17.0 Å². The van der Waals surface area contributed by atoms with Crippen LogP contribution in [0.3, 0.4) is 0 Å². The van der Waals surface area contributed by atoms with Crippen molar-refractivity contribution in [3.05, 3.63) is 83.8 Å². The van der Waals surface area contributed by atoms with Gasteiger partial charge in [0.15, 0.2) is 0 Å². The summed E-state index contributed by atoms with van der Waals surface area (Å²) in [6, 6.07) is 17.6. The number of carbonyl (C=O) groups excluding carboxylic acids is 1. The van der Waals surface area contributed by atoms with E-state index in [1.54, 1.807) is 24.3 Å². The van der Waals surface area contributed by atoms with E-state index in [0.29, 0.717) is 30.0 Å². The summed E-state index contributed by atoms with van der Waals surface area (Å²) in [5, 5.41) is 2.95. The van der Waals surface area contributed by atoms with Crippen LogP contribution in [0.15, 0.2) is 66.9 Å². The fraction of sp³-hybridized carbons (Fsp3) is 0.182. The molecule has 0 aliphatic carbocycles. The van der Waals surface area contributed by atoms with Crippen molar-refractivity contribution in [1.29, 1.82) is 0 Å². The fourth-order valence-corrected chi connectivity index (χ4v) is 3.21. The minimum Gasteiger partial charge on any atom is -0.493 e. The number of pyridine rings is 1. The molecular formula is C22H19FN2O2. The molecule has 0 unspecified atom stereocenters. The van der Waals surface area contributed by atoms with Gasteiger partial charge in [-0.25, -0.2) is 4.39 Å². The molecule has 136 valence electrons. The molecule has 0 saturated heterocycles. The monoisotopic (exact) mass is 362 g/mol. The number of aromatic nitrogens is 1. The number of ether oxygens (including phenoxy) is 1. The minimum atomic E-state index is -0.313. The third-order valence-corrected chi connectivity index (χ3v) is 4.65. The summed E-state index contributed by atoms with van der Waals surface area (Å²) < 4.78 is 19.1. The molecule has 0 spiro atoms. The largest absolute Gasteiger partial charge is 0.493 e.